The lowest BCUT2D eigenvalue weighted by Gasteiger charge is -2.24. The number of oxazole rings is 1. The van der Waals surface area contributed by atoms with Crippen molar-refractivity contribution < 1.29 is 14.0 Å². The highest BCUT2D eigenvalue weighted by Gasteiger charge is 2.36. The molecule has 0 spiro atoms. The summed E-state index contributed by atoms with van der Waals surface area (Å²) in [6, 6.07) is 0. The van der Waals surface area contributed by atoms with Crippen molar-refractivity contribution in [1.29, 1.82) is 0 Å². The molecule has 150 valence electrons. The van der Waals surface area contributed by atoms with E-state index in [1.807, 2.05) is 4.90 Å². The molecule has 2 amide bonds. The number of hydrogen-bond donors (Lipinski definition) is 2. The molecular weight excluding hydrogens is 360 g/mol. The van der Waals surface area contributed by atoms with Crippen molar-refractivity contribution in [2.24, 2.45) is 11.3 Å². The maximum atomic E-state index is 12.4. The van der Waals surface area contributed by atoms with Gasteiger partial charge in [-0.1, -0.05) is 6.92 Å². The first-order valence-electron chi connectivity index (χ1n) is 9.85. The largest absolute Gasteiger partial charge is 0.448 e. The van der Waals surface area contributed by atoms with Gasteiger partial charge in [-0.25, -0.2) is 9.97 Å². The highest BCUT2D eigenvalue weighted by molar-refractivity contribution is 5.91. The van der Waals surface area contributed by atoms with Crippen LogP contribution in [0.15, 0.2) is 17.0 Å². The van der Waals surface area contributed by atoms with Gasteiger partial charge < -0.3 is 14.6 Å². The Hall–Kier alpha value is -2.71. The zero-order valence-electron chi connectivity index (χ0n) is 16.1. The molecule has 9 heteroatoms. The minimum absolute atomic E-state index is 0.104. The standard InChI is InChI=1S/C19H26N6O3/c1-19(6-7-25(11-19)17(26)5-4-15-21-12-22-24-15)10-20-18(27)14-9-28-16(23-14)8-13-2-3-13/h9,12-13H,2-8,10-11H2,1H3,(H,20,27)(H,21,22,24). The number of aromatic amines is 1. The average Bonchev–Trinajstić information content (AvgIpc) is 3.09. The first-order chi connectivity index (χ1) is 13.5. The van der Waals surface area contributed by atoms with Crippen molar-refractivity contribution >= 4 is 11.8 Å². The van der Waals surface area contributed by atoms with E-state index in [2.05, 4.69) is 32.4 Å². The van der Waals surface area contributed by atoms with Crippen LogP contribution in [-0.4, -0.2) is 56.5 Å². The second kappa shape index (κ2) is 7.73. The third-order valence-electron chi connectivity index (χ3n) is 5.57. The number of aromatic nitrogens is 4. The molecule has 0 aromatic carbocycles. The van der Waals surface area contributed by atoms with Crippen molar-refractivity contribution in [2.45, 2.75) is 45.4 Å². The van der Waals surface area contributed by atoms with Gasteiger partial charge >= 0.3 is 0 Å². The normalized spacial score (nSPS) is 21.8. The molecule has 0 radical (unpaired) electrons. The minimum Gasteiger partial charge on any atom is -0.448 e. The molecule has 28 heavy (non-hydrogen) atoms. The van der Waals surface area contributed by atoms with E-state index in [-0.39, 0.29) is 17.2 Å². The smallest absolute Gasteiger partial charge is 0.273 e. The van der Waals surface area contributed by atoms with E-state index in [1.165, 1.54) is 25.4 Å². The van der Waals surface area contributed by atoms with E-state index in [1.54, 1.807) is 0 Å². The van der Waals surface area contributed by atoms with Crippen LogP contribution < -0.4 is 5.32 Å². The third-order valence-corrected chi connectivity index (χ3v) is 5.57. The summed E-state index contributed by atoms with van der Waals surface area (Å²) in [6.07, 6.45) is 7.94. The summed E-state index contributed by atoms with van der Waals surface area (Å²) in [6.45, 7) is 3.94. The Balaban J connectivity index is 1.23. The monoisotopic (exact) mass is 386 g/mol. The number of likely N-dealkylation sites (tertiary alicyclic amines) is 1. The summed E-state index contributed by atoms with van der Waals surface area (Å²) in [4.78, 5) is 35.0. The second-order valence-corrected chi connectivity index (χ2v) is 8.26. The molecule has 2 fully saturated rings. The van der Waals surface area contributed by atoms with Crippen LogP contribution in [0.25, 0.3) is 0 Å². The van der Waals surface area contributed by atoms with Gasteiger partial charge in [0.2, 0.25) is 5.91 Å². The topological polar surface area (TPSA) is 117 Å². The maximum Gasteiger partial charge on any atom is 0.273 e. The third kappa shape index (κ3) is 4.58. The van der Waals surface area contributed by atoms with E-state index in [4.69, 9.17) is 4.42 Å². The molecule has 1 saturated carbocycles. The molecule has 2 aromatic rings. The lowest BCUT2D eigenvalue weighted by molar-refractivity contribution is -0.130. The Labute approximate surface area is 163 Å². The number of aryl methyl sites for hydroxylation is 1. The van der Waals surface area contributed by atoms with Crippen LogP contribution in [0.1, 0.15) is 54.8 Å². The zero-order chi connectivity index (χ0) is 19.6. The zero-order valence-corrected chi connectivity index (χ0v) is 16.1. The van der Waals surface area contributed by atoms with Crippen molar-refractivity contribution in [1.82, 2.24) is 30.4 Å². The Morgan fingerprint density at radius 3 is 3.04 bits per heavy atom. The van der Waals surface area contributed by atoms with Gasteiger partial charge in [0.15, 0.2) is 11.6 Å². The molecule has 0 bridgehead atoms. The summed E-state index contributed by atoms with van der Waals surface area (Å²) < 4.78 is 5.40. The molecule has 1 aliphatic carbocycles. The van der Waals surface area contributed by atoms with Crippen molar-refractivity contribution in [2.75, 3.05) is 19.6 Å². The van der Waals surface area contributed by atoms with Gasteiger partial charge in [-0.2, -0.15) is 5.10 Å². The van der Waals surface area contributed by atoms with Gasteiger partial charge in [0.05, 0.1) is 0 Å². The van der Waals surface area contributed by atoms with Gasteiger partial charge in [0.1, 0.15) is 18.4 Å². The molecule has 1 saturated heterocycles. The van der Waals surface area contributed by atoms with Gasteiger partial charge in [0.25, 0.3) is 5.91 Å². The number of carbonyl (C=O) groups excluding carboxylic acids is 2. The molecule has 2 aliphatic rings. The van der Waals surface area contributed by atoms with Crippen LogP contribution in [0.2, 0.25) is 0 Å². The van der Waals surface area contributed by atoms with E-state index in [0.29, 0.717) is 50.0 Å². The van der Waals surface area contributed by atoms with Crippen LogP contribution in [0.5, 0.6) is 0 Å². The summed E-state index contributed by atoms with van der Waals surface area (Å²) in [5.74, 6) is 1.91. The van der Waals surface area contributed by atoms with Crippen molar-refractivity contribution in [3.05, 3.63) is 30.0 Å². The lowest BCUT2D eigenvalue weighted by Crippen LogP contribution is -2.39. The molecule has 9 nitrogen and oxygen atoms in total. The quantitative estimate of drug-likeness (QED) is 0.707. The molecule has 2 aromatic heterocycles. The number of carbonyl (C=O) groups is 2. The number of rotatable bonds is 8. The molecule has 1 unspecified atom stereocenters. The van der Waals surface area contributed by atoms with Crippen LogP contribution in [-0.2, 0) is 17.6 Å². The van der Waals surface area contributed by atoms with E-state index in [9.17, 15) is 9.59 Å². The molecule has 1 atom stereocenters. The molecular formula is C19H26N6O3. The van der Waals surface area contributed by atoms with E-state index < -0.39 is 0 Å². The van der Waals surface area contributed by atoms with Gasteiger partial charge in [-0.15, -0.1) is 0 Å². The number of nitrogens with zero attached hydrogens (tertiary/aromatic N) is 4. The summed E-state index contributed by atoms with van der Waals surface area (Å²) in [5.41, 5.74) is 0.190. The first kappa shape index (κ1) is 18.6. The van der Waals surface area contributed by atoms with Crippen LogP contribution >= 0.6 is 0 Å². The number of hydrogen-bond acceptors (Lipinski definition) is 6. The Morgan fingerprint density at radius 1 is 1.43 bits per heavy atom. The predicted molar refractivity (Wildman–Crippen MR) is 99.3 cm³/mol. The average molecular weight is 386 g/mol. The highest BCUT2D eigenvalue weighted by atomic mass is 16.3. The summed E-state index contributed by atoms with van der Waals surface area (Å²) >= 11 is 0. The van der Waals surface area contributed by atoms with Crippen molar-refractivity contribution in [3.8, 4) is 0 Å². The Morgan fingerprint density at radius 2 is 2.29 bits per heavy atom. The van der Waals surface area contributed by atoms with Crippen LogP contribution in [0.3, 0.4) is 0 Å². The fraction of sp³-hybridized carbons (Fsp3) is 0.632. The molecule has 3 heterocycles. The minimum atomic E-state index is -0.220. The number of nitrogens with one attached hydrogen (secondary N) is 2. The van der Waals surface area contributed by atoms with Gasteiger partial charge in [-0.3, -0.25) is 14.7 Å². The number of amides is 2. The lowest BCUT2D eigenvalue weighted by atomic mass is 9.90. The Bertz CT molecular complexity index is 829. The highest BCUT2D eigenvalue weighted by Crippen LogP contribution is 2.32. The molecule has 4 rings (SSSR count). The predicted octanol–water partition coefficient (Wildman–Crippen LogP) is 1.35. The Kier molecular flexibility index (Phi) is 5.15. The number of H-pyrrole nitrogens is 1. The summed E-state index contributed by atoms with van der Waals surface area (Å²) in [5, 5.41) is 9.52. The summed E-state index contributed by atoms with van der Waals surface area (Å²) in [7, 11) is 0. The molecule has 2 N–H and O–H groups in total. The van der Waals surface area contributed by atoms with E-state index in [0.717, 1.165) is 18.7 Å². The fourth-order valence-electron chi connectivity index (χ4n) is 3.58. The SMILES string of the molecule is CC1(CNC(=O)c2coc(CC3CC3)n2)CCN(C(=O)CCc2ncn[nH]2)C1. The van der Waals surface area contributed by atoms with Crippen LogP contribution in [0, 0.1) is 11.3 Å². The second-order valence-electron chi connectivity index (χ2n) is 8.26. The van der Waals surface area contributed by atoms with Gasteiger partial charge in [-0.05, 0) is 25.2 Å². The van der Waals surface area contributed by atoms with E-state index >= 15 is 0 Å². The van der Waals surface area contributed by atoms with Crippen molar-refractivity contribution in [3.63, 3.8) is 0 Å². The maximum absolute atomic E-state index is 12.4. The first-order valence-corrected chi connectivity index (χ1v) is 9.85. The fourth-order valence-corrected chi connectivity index (χ4v) is 3.58. The molecule has 1 aliphatic heterocycles. The van der Waals surface area contributed by atoms with Crippen LogP contribution in [0.4, 0.5) is 0 Å². The van der Waals surface area contributed by atoms with Gasteiger partial charge in [0, 0.05) is 44.3 Å².